The minimum absolute atomic E-state index is 0.0685. The van der Waals surface area contributed by atoms with Gasteiger partial charge in [0.05, 0.1) is 10.4 Å². The average molecular weight is 520 g/mol. The van der Waals surface area contributed by atoms with E-state index in [0.29, 0.717) is 16.3 Å². The number of benzene rings is 2. The fourth-order valence-electron chi connectivity index (χ4n) is 3.23. The third-order valence-electron chi connectivity index (χ3n) is 4.70. The van der Waals surface area contributed by atoms with Gasteiger partial charge in [-0.2, -0.15) is 0 Å². The number of halogens is 1. The molecule has 0 atom stereocenters. The summed E-state index contributed by atoms with van der Waals surface area (Å²) < 4.78 is 56.7. The van der Waals surface area contributed by atoms with Gasteiger partial charge in [-0.3, -0.25) is 4.98 Å². The molecule has 0 bridgehead atoms. The number of aromatic nitrogens is 2. The number of fused-ring (bicyclic) bond motifs is 1. The van der Waals surface area contributed by atoms with Gasteiger partial charge in [0.25, 0.3) is 10.0 Å². The smallest absolute Gasteiger partial charge is 0.261 e. The van der Waals surface area contributed by atoms with Gasteiger partial charge in [0.2, 0.25) is 10.0 Å². The molecule has 0 amide bonds. The first-order valence-corrected chi connectivity index (χ1v) is 13.0. The van der Waals surface area contributed by atoms with Crippen LogP contribution in [0, 0.1) is 0 Å². The van der Waals surface area contributed by atoms with Crippen molar-refractivity contribution in [2.45, 2.75) is 16.2 Å². The second kappa shape index (κ2) is 8.54. The van der Waals surface area contributed by atoms with E-state index in [2.05, 4.69) is 25.6 Å². The molecular weight excluding hydrogens is 502 g/mol. The molecule has 2 aromatic carbocycles. The van der Waals surface area contributed by atoms with Gasteiger partial charge in [-0.25, -0.2) is 25.5 Å². The van der Waals surface area contributed by atoms with Gasteiger partial charge in [-0.1, -0.05) is 46.3 Å². The summed E-state index contributed by atoms with van der Waals surface area (Å²) in [5.74, 6) is 0. The highest BCUT2D eigenvalue weighted by atomic mass is 79.9. The zero-order valence-corrected chi connectivity index (χ0v) is 19.4. The standard InChI is InChI=1S/C21H18BrN3O4S2/c22-18-10-6-11-19-21(18)20(15-25(19)31(28,29)17-8-2-1-3-9-17)30(26,27)24-14-12-16-7-4-5-13-23-16/h1-11,13,15,24H,12,14H2. The van der Waals surface area contributed by atoms with E-state index in [1.165, 1.54) is 12.1 Å². The SMILES string of the molecule is O=S(=O)(NCCc1ccccn1)c1cn(S(=O)(=O)c2ccccc2)c2cccc(Br)c12. The maximum atomic E-state index is 13.2. The van der Waals surface area contributed by atoms with Gasteiger partial charge in [0.15, 0.2) is 0 Å². The Bertz CT molecular complexity index is 1440. The normalized spacial score (nSPS) is 12.3. The summed E-state index contributed by atoms with van der Waals surface area (Å²) in [6, 6.07) is 18.2. The van der Waals surface area contributed by atoms with Crippen molar-refractivity contribution in [2.24, 2.45) is 0 Å². The Hall–Kier alpha value is -2.53. The van der Waals surface area contributed by atoms with E-state index < -0.39 is 20.0 Å². The van der Waals surface area contributed by atoms with Crippen LogP contribution in [0.15, 0.2) is 93.4 Å². The lowest BCUT2D eigenvalue weighted by Crippen LogP contribution is -2.26. The highest BCUT2D eigenvalue weighted by molar-refractivity contribution is 9.10. The molecule has 2 aromatic heterocycles. The second-order valence-corrected chi connectivity index (χ2v) is 11.1. The van der Waals surface area contributed by atoms with Crippen LogP contribution < -0.4 is 4.72 Å². The Morgan fingerprint density at radius 3 is 2.35 bits per heavy atom. The topological polar surface area (TPSA) is 98.1 Å². The average Bonchev–Trinajstić information content (AvgIpc) is 3.18. The van der Waals surface area contributed by atoms with Gasteiger partial charge < -0.3 is 0 Å². The fourth-order valence-corrected chi connectivity index (χ4v) is 6.63. The van der Waals surface area contributed by atoms with Crippen LogP contribution >= 0.6 is 15.9 Å². The van der Waals surface area contributed by atoms with Crippen molar-refractivity contribution < 1.29 is 16.8 Å². The van der Waals surface area contributed by atoms with Crippen LogP contribution in [-0.4, -0.2) is 32.3 Å². The lowest BCUT2D eigenvalue weighted by atomic mass is 10.2. The maximum absolute atomic E-state index is 13.2. The summed E-state index contributed by atoms with van der Waals surface area (Å²) in [7, 11) is -7.99. The van der Waals surface area contributed by atoms with Crippen LogP contribution in [0.4, 0.5) is 0 Å². The Morgan fingerprint density at radius 2 is 1.65 bits per heavy atom. The van der Waals surface area contributed by atoms with Gasteiger partial charge >= 0.3 is 0 Å². The third kappa shape index (κ3) is 4.29. The number of nitrogens with zero attached hydrogens (tertiary/aromatic N) is 2. The minimum Gasteiger partial charge on any atom is -0.261 e. The summed E-state index contributed by atoms with van der Waals surface area (Å²) >= 11 is 3.37. The van der Waals surface area contributed by atoms with Gasteiger partial charge in [-0.15, -0.1) is 0 Å². The molecule has 7 nitrogen and oxygen atoms in total. The number of hydrogen-bond acceptors (Lipinski definition) is 5. The first-order valence-electron chi connectivity index (χ1n) is 9.30. The first kappa shape index (κ1) is 21.7. The van der Waals surface area contributed by atoms with Crippen molar-refractivity contribution in [3.63, 3.8) is 0 Å². The zero-order valence-electron chi connectivity index (χ0n) is 16.1. The van der Waals surface area contributed by atoms with E-state index >= 15 is 0 Å². The van der Waals surface area contributed by atoms with Crippen molar-refractivity contribution in [3.8, 4) is 0 Å². The van der Waals surface area contributed by atoms with Gasteiger partial charge in [0.1, 0.15) is 4.90 Å². The summed E-state index contributed by atoms with van der Waals surface area (Å²) in [5.41, 5.74) is 1.02. The van der Waals surface area contributed by atoms with Crippen LogP contribution in [0.1, 0.15) is 5.69 Å². The van der Waals surface area contributed by atoms with Crippen molar-refractivity contribution in [3.05, 3.63) is 89.3 Å². The van der Waals surface area contributed by atoms with Crippen LogP contribution in [0.2, 0.25) is 0 Å². The molecule has 10 heteroatoms. The molecule has 1 N–H and O–H groups in total. The first-order chi connectivity index (χ1) is 14.8. The molecule has 0 aliphatic carbocycles. The molecular formula is C21H18BrN3O4S2. The van der Waals surface area contributed by atoms with Gasteiger partial charge in [-0.05, 0) is 36.4 Å². The summed E-state index contributed by atoms with van der Waals surface area (Å²) in [6.45, 7) is 0.127. The largest absolute Gasteiger partial charge is 0.268 e. The van der Waals surface area contributed by atoms with Crippen LogP contribution in [0.5, 0.6) is 0 Å². The monoisotopic (exact) mass is 519 g/mol. The number of pyridine rings is 1. The van der Waals surface area contributed by atoms with E-state index in [0.717, 1.165) is 15.9 Å². The van der Waals surface area contributed by atoms with E-state index in [-0.39, 0.29) is 21.9 Å². The lowest BCUT2D eigenvalue weighted by molar-refractivity contribution is 0.582. The molecule has 4 aromatic rings. The summed E-state index contributed by atoms with van der Waals surface area (Å²) in [5, 5.41) is 0.298. The Balaban J connectivity index is 1.76. The van der Waals surface area contributed by atoms with Crippen molar-refractivity contribution in [2.75, 3.05) is 6.54 Å². The van der Waals surface area contributed by atoms with E-state index in [4.69, 9.17) is 0 Å². The highest BCUT2D eigenvalue weighted by Gasteiger charge is 2.27. The Labute approximate surface area is 189 Å². The molecule has 0 fully saturated rings. The molecule has 0 spiro atoms. The molecule has 4 rings (SSSR count). The minimum atomic E-state index is -3.99. The van der Waals surface area contributed by atoms with Crippen molar-refractivity contribution in [1.29, 1.82) is 0 Å². The molecule has 31 heavy (non-hydrogen) atoms. The lowest BCUT2D eigenvalue weighted by Gasteiger charge is -2.07. The van der Waals surface area contributed by atoms with Crippen molar-refractivity contribution in [1.82, 2.24) is 13.7 Å². The van der Waals surface area contributed by atoms with Crippen LogP contribution in [0.25, 0.3) is 10.9 Å². The third-order valence-corrected chi connectivity index (χ3v) is 8.52. The van der Waals surface area contributed by atoms with E-state index in [1.54, 1.807) is 48.7 Å². The van der Waals surface area contributed by atoms with E-state index in [1.807, 2.05) is 12.1 Å². The Kier molecular flexibility index (Phi) is 5.98. The number of sulfonamides is 1. The zero-order chi connectivity index (χ0) is 22.1. The quantitative estimate of drug-likeness (QED) is 0.402. The molecule has 160 valence electrons. The molecule has 2 heterocycles. The Morgan fingerprint density at radius 1 is 0.903 bits per heavy atom. The predicted molar refractivity (Wildman–Crippen MR) is 122 cm³/mol. The molecule has 0 aliphatic rings. The number of hydrogen-bond donors (Lipinski definition) is 1. The second-order valence-electron chi connectivity index (χ2n) is 6.71. The van der Waals surface area contributed by atoms with Crippen LogP contribution in [0.3, 0.4) is 0 Å². The molecule has 0 radical (unpaired) electrons. The molecule has 0 saturated heterocycles. The molecule has 0 aliphatic heterocycles. The predicted octanol–water partition coefficient (Wildman–Crippen LogP) is 3.56. The fraction of sp³-hybridized carbons (Fsp3) is 0.0952. The van der Waals surface area contributed by atoms with E-state index in [9.17, 15) is 16.8 Å². The van der Waals surface area contributed by atoms with Crippen LogP contribution in [-0.2, 0) is 26.5 Å². The number of nitrogens with one attached hydrogen (secondary N) is 1. The summed E-state index contributed by atoms with van der Waals surface area (Å²) in [4.78, 5) is 4.13. The maximum Gasteiger partial charge on any atom is 0.268 e. The molecule has 0 saturated carbocycles. The van der Waals surface area contributed by atoms with Gasteiger partial charge in [0, 0.05) is 40.9 Å². The number of rotatable bonds is 7. The highest BCUT2D eigenvalue weighted by Crippen LogP contribution is 2.34. The molecule has 0 unspecified atom stereocenters. The van der Waals surface area contributed by atoms with Crippen molar-refractivity contribution >= 4 is 46.9 Å². The summed E-state index contributed by atoms with van der Waals surface area (Å²) in [6.07, 6.45) is 3.20.